The van der Waals surface area contributed by atoms with E-state index in [2.05, 4.69) is 19.9 Å². The number of anilines is 1. The van der Waals surface area contributed by atoms with E-state index in [4.69, 9.17) is 10.3 Å². The fourth-order valence-electron chi connectivity index (χ4n) is 3.05. The van der Waals surface area contributed by atoms with Crippen LogP contribution < -0.4 is 5.73 Å². The fourth-order valence-corrected chi connectivity index (χ4v) is 3.05. The molecule has 0 spiro atoms. The van der Waals surface area contributed by atoms with Crippen LogP contribution in [-0.2, 0) is 0 Å². The lowest BCUT2D eigenvalue weighted by Crippen LogP contribution is -2.57. The topological polar surface area (TPSA) is 71.4 Å². The van der Waals surface area contributed by atoms with Crippen LogP contribution >= 0.6 is 0 Å². The van der Waals surface area contributed by atoms with Crippen molar-refractivity contribution in [2.45, 2.75) is 6.04 Å². The highest BCUT2D eigenvalue weighted by atomic mass is 19.1. The molecule has 0 radical (unpaired) electrons. The maximum atomic E-state index is 13.9. The number of hydrogen-bond donors (Lipinski definition) is 1. The Labute approximate surface area is 121 Å². The summed E-state index contributed by atoms with van der Waals surface area (Å²) in [5, 5.41) is 4.04. The second-order valence-electron chi connectivity index (χ2n) is 5.55. The second kappa shape index (κ2) is 4.78. The summed E-state index contributed by atoms with van der Waals surface area (Å²) < 4.78 is 19.1. The van der Waals surface area contributed by atoms with Gasteiger partial charge in [0.05, 0.1) is 11.6 Å². The molecule has 2 aromatic rings. The maximum absolute atomic E-state index is 13.9. The minimum Gasteiger partial charge on any atom is -0.399 e. The van der Waals surface area contributed by atoms with Gasteiger partial charge in [-0.1, -0.05) is 5.16 Å². The summed E-state index contributed by atoms with van der Waals surface area (Å²) in [4.78, 5) is 9.13. The van der Waals surface area contributed by atoms with Crippen molar-refractivity contribution in [1.82, 2.24) is 19.9 Å². The molecule has 5 rings (SSSR count). The van der Waals surface area contributed by atoms with Gasteiger partial charge in [0, 0.05) is 38.4 Å². The Bertz CT molecular complexity index is 665. The Hall–Kier alpha value is -1.99. The van der Waals surface area contributed by atoms with Crippen molar-refractivity contribution in [2.75, 3.05) is 38.5 Å². The first-order valence-corrected chi connectivity index (χ1v) is 7.06. The number of benzene rings is 1. The van der Waals surface area contributed by atoms with Crippen LogP contribution in [0.1, 0.15) is 11.9 Å². The second-order valence-corrected chi connectivity index (χ2v) is 5.55. The van der Waals surface area contributed by atoms with E-state index in [1.54, 1.807) is 0 Å². The summed E-state index contributed by atoms with van der Waals surface area (Å²) in [6, 6.07) is 4.47. The van der Waals surface area contributed by atoms with Gasteiger partial charge in [0.25, 0.3) is 5.89 Å². The van der Waals surface area contributed by atoms with Crippen LogP contribution in [0, 0.1) is 5.82 Å². The molecule has 4 heterocycles. The van der Waals surface area contributed by atoms with Crippen LogP contribution in [0.15, 0.2) is 22.7 Å². The third-order valence-corrected chi connectivity index (χ3v) is 4.24. The number of nitrogens with zero attached hydrogens (tertiary/aromatic N) is 4. The Morgan fingerprint density at radius 3 is 2.76 bits per heavy atom. The van der Waals surface area contributed by atoms with Gasteiger partial charge in [-0.25, -0.2) is 4.39 Å². The molecule has 2 bridgehead atoms. The molecule has 6 nitrogen and oxygen atoms in total. The predicted molar refractivity (Wildman–Crippen MR) is 74.9 cm³/mol. The van der Waals surface area contributed by atoms with Crippen molar-refractivity contribution in [3.05, 3.63) is 29.8 Å². The summed E-state index contributed by atoms with van der Waals surface area (Å²) in [6.07, 6.45) is 0. The molecule has 1 aromatic carbocycles. The van der Waals surface area contributed by atoms with Crippen LogP contribution in [0.3, 0.4) is 0 Å². The number of aromatic nitrogens is 2. The predicted octanol–water partition coefficient (Wildman–Crippen LogP) is 1.13. The Balaban J connectivity index is 1.65. The van der Waals surface area contributed by atoms with Gasteiger partial charge >= 0.3 is 0 Å². The highest BCUT2D eigenvalue weighted by Gasteiger charge is 2.35. The first-order valence-electron chi connectivity index (χ1n) is 7.06. The molecule has 0 saturated carbocycles. The van der Waals surface area contributed by atoms with E-state index in [-0.39, 0.29) is 17.5 Å². The zero-order chi connectivity index (χ0) is 14.4. The van der Waals surface area contributed by atoms with Crippen LogP contribution in [0.4, 0.5) is 10.1 Å². The third-order valence-electron chi connectivity index (χ3n) is 4.24. The normalized spacial score (nSPS) is 28.0. The molecule has 21 heavy (non-hydrogen) atoms. The smallest absolute Gasteiger partial charge is 0.261 e. The van der Waals surface area contributed by atoms with Gasteiger partial charge in [-0.15, -0.1) is 0 Å². The summed E-state index contributed by atoms with van der Waals surface area (Å²) in [5.74, 6) is 0.400. The molecule has 1 aromatic heterocycles. The average molecular weight is 289 g/mol. The minimum absolute atomic E-state index is 0.133. The van der Waals surface area contributed by atoms with E-state index in [9.17, 15) is 4.39 Å². The highest BCUT2D eigenvalue weighted by molar-refractivity contribution is 5.60. The zero-order valence-corrected chi connectivity index (χ0v) is 11.5. The van der Waals surface area contributed by atoms with Gasteiger partial charge in [0.1, 0.15) is 5.82 Å². The quantitative estimate of drug-likeness (QED) is 0.836. The van der Waals surface area contributed by atoms with E-state index in [0.717, 1.165) is 32.7 Å². The number of halogens is 1. The monoisotopic (exact) mass is 289 g/mol. The summed E-state index contributed by atoms with van der Waals surface area (Å²) in [7, 11) is 0. The molecule has 7 heteroatoms. The number of nitrogens with two attached hydrogens (primary N) is 1. The lowest BCUT2D eigenvalue weighted by Gasteiger charge is -2.46. The van der Waals surface area contributed by atoms with Crippen LogP contribution in [-0.4, -0.2) is 52.7 Å². The molecule has 0 amide bonds. The largest absolute Gasteiger partial charge is 0.399 e. The molecule has 110 valence electrons. The first kappa shape index (κ1) is 12.7. The molecule has 1 atom stereocenters. The van der Waals surface area contributed by atoms with Crippen molar-refractivity contribution in [3.8, 4) is 11.5 Å². The molecule has 3 fully saturated rings. The van der Waals surface area contributed by atoms with Crippen molar-refractivity contribution < 1.29 is 8.91 Å². The summed E-state index contributed by atoms with van der Waals surface area (Å²) in [5.41, 5.74) is 6.42. The maximum Gasteiger partial charge on any atom is 0.261 e. The lowest BCUT2D eigenvalue weighted by atomic mass is 10.1. The van der Waals surface area contributed by atoms with Gasteiger partial charge in [-0.2, -0.15) is 4.98 Å². The number of piperazine rings is 3. The zero-order valence-electron chi connectivity index (χ0n) is 11.5. The standard InChI is InChI=1S/C14H16FN5O/c15-11-2-1-9(16)7-10(11)14-17-13(18-21-14)12-8-19-3-5-20(12)6-4-19/h1-2,7,12H,3-6,8,16H2. The minimum atomic E-state index is -0.409. The SMILES string of the molecule is Nc1ccc(F)c(-c2nc(C3CN4CCN3CC4)no2)c1. The van der Waals surface area contributed by atoms with Crippen LogP contribution in [0.5, 0.6) is 0 Å². The van der Waals surface area contributed by atoms with Crippen LogP contribution in [0.2, 0.25) is 0 Å². The van der Waals surface area contributed by atoms with Crippen molar-refractivity contribution in [2.24, 2.45) is 0 Å². The number of hydrogen-bond acceptors (Lipinski definition) is 6. The van der Waals surface area contributed by atoms with Crippen molar-refractivity contribution in [1.29, 1.82) is 0 Å². The molecule has 3 saturated heterocycles. The number of fused-ring (bicyclic) bond motifs is 3. The molecular weight excluding hydrogens is 273 g/mol. The molecular formula is C14H16FN5O. The first-order chi connectivity index (χ1) is 10.2. The third kappa shape index (κ3) is 2.18. The lowest BCUT2D eigenvalue weighted by molar-refractivity contribution is 0.00781. The van der Waals surface area contributed by atoms with Gasteiger partial charge in [0.2, 0.25) is 0 Å². The Kier molecular flexibility index (Phi) is 2.90. The Morgan fingerprint density at radius 1 is 1.24 bits per heavy atom. The van der Waals surface area contributed by atoms with Gasteiger partial charge < -0.3 is 10.3 Å². The Morgan fingerprint density at radius 2 is 2.05 bits per heavy atom. The summed E-state index contributed by atoms with van der Waals surface area (Å²) >= 11 is 0. The number of rotatable bonds is 2. The molecule has 0 aliphatic carbocycles. The van der Waals surface area contributed by atoms with Gasteiger partial charge in [0.15, 0.2) is 5.82 Å². The van der Waals surface area contributed by atoms with Gasteiger partial charge in [-0.05, 0) is 18.2 Å². The fraction of sp³-hybridized carbons (Fsp3) is 0.429. The van der Waals surface area contributed by atoms with Crippen molar-refractivity contribution in [3.63, 3.8) is 0 Å². The van der Waals surface area contributed by atoms with E-state index < -0.39 is 5.82 Å². The van der Waals surface area contributed by atoms with E-state index in [1.807, 2.05) is 0 Å². The van der Waals surface area contributed by atoms with E-state index in [0.29, 0.717) is 11.5 Å². The van der Waals surface area contributed by atoms with Gasteiger partial charge in [-0.3, -0.25) is 9.80 Å². The highest BCUT2D eigenvalue weighted by Crippen LogP contribution is 2.29. The summed E-state index contributed by atoms with van der Waals surface area (Å²) in [6.45, 7) is 5.11. The number of nitrogen functional groups attached to an aromatic ring is 1. The molecule has 1 unspecified atom stereocenters. The molecule has 3 aliphatic rings. The van der Waals surface area contributed by atoms with E-state index >= 15 is 0 Å². The van der Waals surface area contributed by atoms with Crippen LogP contribution in [0.25, 0.3) is 11.5 Å². The molecule has 3 aliphatic heterocycles. The average Bonchev–Trinajstić information content (AvgIpc) is 3.00. The van der Waals surface area contributed by atoms with Crippen molar-refractivity contribution >= 4 is 5.69 Å². The molecule has 2 N–H and O–H groups in total. The van der Waals surface area contributed by atoms with E-state index in [1.165, 1.54) is 18.2 Å².